The van der Waals surface area contributed by atoms with Gasteiger partial charge in [0.15, 0.2) is 5.58 Å². The summed E-state index contributed by atoms with van der Waals surface area (Å²) in [6, 6.07) is 11.1. The fraction of sp³-hybridized carbons (Fsp3) is 0.0625. The van der Waals surface area contributed by atoms with Crippen LogP contribution >= 0.6 is 11.3 Å². The molecular weight excluding hydrogens is 318 g/mol. The van der Waals surface area contributed by atoms with Crippen LogP contribution < -0.4 is 15.0 Å². The normalized spacial score (nSPS) is 10.5. The summed E-state index contributed by atoms with van der Waals surface area (Å²) >= 11 is 0.985. The molecule has 1 aromatic heterocycles. The Hall–Kier alpha value is -2.93. The number of nitrogens with one attached hydrogen (secondary N) is 1. The van der Waals surface area contributed by atoms with Gasteiger partial charge < -0.3 is 14.5 Å². The Morgan fingerprint density at radius 2 is 1.87 bits per heavy atom. The van der Waals surface area contributed by atoms with Gasteiger partial charge in [-0.25, -0.2) is 9.59 Å². The molecule has 0 fully saturated rings. The minimum atomic E-state index is -0.545. The van der Waals surface area contributed by atoms with E-state index in [-0.39, 0.29) is 11.7 Å². The number of esters is 1. The maximum Gasteiger partial charge on any atom is 0.396 e. The highest BCUT2D eigenvalue weighted by Gasteiger charge is 2.11. The number of fused-ring (bicyclic) bond motifs is 1. The Labute approximate surface area is 134 Å². The first kappa shape index (κ1) is 15.0. The van der Waals surface area contributed by atoms with E-state index < -0.39 is 10.9 Å². The summed E-state index contributed by atoms with van der Waals surface area (Å²) < 4.78 is 10.9. The average molecular weight is 329 g/mol. The Balaban J connectivity index is 1.76. The number of benzene rings is 2. The van der Waals surface area contributed by atoms with Gasteiger partial charge in [0.25, 0.3) is 0 Å². The maximum atomic E-state index is 12.1. The van der Waals surface area contributed by atoms with Gasteiger partial charge in [-0.05, 0) is 36.4 Å². The van der Waals surface area contributed by atoms with Crippen molar-refractivity contribution in [2.75, 3.05) is 5.32 Å². The van der Waals surface area contributed by atoms with Gasteiger partial charge >= 0.3 is 10.9 Å². The van der Waals surface area contributed by atoms with Crippen molar-refractivity contribution in [1.29, 1.82) is 0 Å². The molecule has 0 unspecified atom stereocenters. The Bertz CT molecular complexity index is 939. The van der Waals surface area contributed by atoms with Crippen LogP contribution in [0.3, 0.4) is 0 Å². The molecule has 6 nitrogen and oxygen atoms in total. The molecule has 2 aromatic carbocycles. The highest BCUT2D eigenvalue weighted by atomic mass is 32.1. The van der Waals surface area contributed by atoms with Gasteiger partial charge in [0, 0.05) is 18.7 Å². The van der Waals surface area contributed by atoms with Gasteiger partial charge in [-0.1, -0.05) is 11.3 Å². The third kappa shape index (κ3) is 3.46. The minimum absolute atomic E-state index is 0.189. The number of anilines is 1. The maximum absolute atomic E-state index is 12.1. The lowest BCUT2D eigenvalue weighted by Gasteiger charge is -2.05. The first-order valence-electron chi connectivity index (χ1n) is 6.65. The van der Waals surface area contributed by atoms with Gasteiger partial charge in [-0.15, -0.1) is 0 Å². The molecule has 3 rings (SSSR count). The summed E-state index contributed by atoms with van der Waals surface area (Å²) in [5.74, 6) is -0.447. The summed E-state index contributed by atoms with van der Waals surface area (Å²) in [7, 11) is 0. The van der Waals surface area contributed by atoms with Crippen molar-refractivity contribution < 1.29 is 18.7 Å². The highest BCUT2D eigenvalue weighted by Crippen LogP contribution is 2.23. The molecule has 0 aliphatic rings. The van der Waals surface area contributed by atoms with Crippen LogP contribution in [0.25, 0.3) is 10.3 Å². The molecular formula is C16H11NO5S. The van der Waals surface area contributed by atoms with Crippen LogP contribution in [0.1, 0.15) is 17.3 Å². The smallest absolute Gasteiger partial charge is 0.396 e. The topological polar surface area (TPSA) is 85.6 Å². The van der Waals surface area contributed by atoms with Crippen molar-refractivity contribution in [1.82, 2.24) is 0 Å². The molecule has 0 saturated heterocycles. The van der Waals surface area contributed by atoms with Crippen molar-refractivity contribution in [3.63, 3.8) is 0 Å². The fourth-order valence-corrected chi connectivity index (χ4v) is 2.62. The van der Waals surface area contributed by atoms with E-state index in [4.69, 9.17) is 9.15 Å². The van der Waals surface area contributed by atoms with E-state index in [0.29, 0.717) is 21.5 Å². The van der Waals surface area contributed by atoms with Gasteiger partial charge in [-0.2, -0.15) is 0 Å². The van der Waals surface area contributed by atoms with Gasteiger partial charge in [-0.3, -0.25) is 4.79 Å². The molecule has 3 aromatic rings. The van der Waals surface area contributed by atoms with E-state index in [9.17, 15) is 14.4 Å². The number of ether oxygens (including phenoxy) is 1. The molecule has 0 radical (unpaired) electrons. The molecule has 1 heterocycles. The molecule has 0 saturated carbocycles. The van der Waals surface area contributed by atoms with Crippen LogP contribution in [-0.4, -0.2) is 11.9 Å². The molecule has 23 heavy (non-hydrogen) atoms. The molecule has 1 amide bonds. The lowest BCUT2D eigenvalue weighted by Crippen LogP contribution is -2.09. The second-order valence-corrected chi connectivity index (χ2v) is 5.69. The second-order valence-electron chi connectivity index (χ2n) is 4.71. The lowest BCUT2D eigenvalue weighted by atomic mass is 10.2. The molecule has 7 heteroatoms. The Morgan fingerprint density at radius 3 is 2.57 bits per heavy atom. The van der Waals surface area contributed by atoms with Crippen LogP contribution in [0, 0.1) is 0 Å². The monoisotopic (exact) mass is 329 g/mol. The number of hydrogen-bond acceptors (Lipinski definition) is 6. The quantitative estimate of drug-likeness (QED) is 0.589. The van der Waals surface area contributed by atoms with Crippen LogP contribution in [0.4, 0.5) is 5.69 Å². The largest absolute Gasteiger partial charge is 0.423 e. The van der Waals surface area contributed by atoms with E-state index in [1.54, 1.807) is 36.4 Å². The molecule has 0 spiro atoms. The minimum Gasteiger partial charge on any atom is -0.423 e. The molecule has 0 aliphatic carbocycles. The zero-order valence-corrected chi connectivity index (χ0v) is 12.8. The van der Waals surface area contributed by atoms with Crippen LogP contribution in [0.2, 0.25) is 0 Å². The number of rotatable bonds is 3. The fourth-order valence-electron chi connectivity index (χ4n) is 1.98. The lowest BCUT2D eigenvalue weighted by molar-refractivity contribution is -0.114. The Kier molecular flexibility index (Phi) is 3.94. The van der Waals surface area contributed by atoms with E-state index in [1.165, 1.54) is 13.0 Å². The summed E-state index contributed by atoms with van der Waals surface area (Å²) in [5.41, 5.74) is 1.31. The van der Waals surface area contributed by atoms with Crippen molar-refractivity contribution >= 4 is 39.2 Å². The van der Waals surface area contributed by atoms with Crippen LogP contribution in [-0.2, 0) is 4.79 Å². The van der Waals surface area contributed by atoms with Gasteiger partial charge in [0.2, 0.25) is 5.91 Å². The SMILES string of the molecule is CC(=O)Nc1ccc(C(=O)Oc2ccc3sc(=O)oc3c2)cc1. The summed E-state index contributed by atoms with van der Waals surface area (Å²) in [6.45, 7) is 1.40. The van der Waals surface area contributed by atoms with Gasteiger partial charge in [0.05, 0.1) is 10.3 Å². The van der Waals surface area contributed by atoms with E-state index >= 15 is 0 Å². The van der Waals surface area contributed by atoms with E-state index in [1.807, 2.05) is 0 Å². The van der Waals surface area contributed by atoms with Crippen LogP contribution in [0.5, 0.6) is 5.75 Å². The van der Waals surface area contributed by atoms with Crippen LogP contribution in [0.15, 0.2) is 51.7 Å². The van der Waals surface area contributed by atoms with E-state index in [2.05, 4.69) is 5.32 Å². The molecule has 116 valence electrons. The first-order chi connectivity index (χ1) is 11.0. The Morgan fingerprint density at radius 1 is 1.13 bits per heavy atom. The zero-order chi connectivity index (χ0) is 16.4. The van der Waals surface area contributed by atoms with Crippen molar-refractivity contribution in [3.8, 4) is 5.75 Å². The highest BCUT2D eigenvalue weighted by molar-refractivity contribution is 7.16. The van der Waals surface area contributed by atoms with E-state index in [0.717, 1.165) is 11.3 Å². The third-order valence-corrected chi connectivity index (χ3v) is 3.76. The second kappa shape index (κ2) is 6.05. The van der Waals surface area contributed by atoms with Gasteiger partial charge in [0.1, 0.15) is 5.75 Å². The molecule has 1 N–H and O–H groups in total. The predicted octanol–water partition coefficient (Wildman–Crippen LogP) is 3.03. The zero-order valence-electron chi connectivity index (χ0n) is 12.0. The average Bonchev–Trinajstić information content (AvgIpc) is 2.86. The number of carbonyl (C=O) groups excluding carboxylic acids is 2. The third-order valence-electron chi connectivity index (χ3n) is 2.95. The predicted molar refractivity (Wildman–Crippen MR) is 86.1 cm³/mol. The number of hydrogen-bond donors (Lipinski definition) is 1. The van der Waals surface area contributed by atoms with Crippen molar-refractivity contribution in [3.05, 3.63) is 57.8 Å². The number of amides is 1. The summed E-state index contributed by atoms with van der Waals surface area (Å²) in [4.78, 5) is 33.8. The van der Waals surface area contributed by atoms with Crippen molar-refractivity contribution in [2.45, 2.75) is 6.92 Å². The standard InChI is InChI=1S/C16H11NO5S/c1-9(18)17-11-4-2-10(3-5-11)15(19)21-12-6-7-14-13(8-12)22-16(20)23-14/h2-8H,1H3,(H,17,18). The summed E-state index contributed by atoms with van der Waals surface area (Å²) in [6.07, 6.45) is 0. The van der Waals surface area contributed by atoms with Crippen molar-refractivity contribution in [2.24, 2.45) is 0 Å². The molecule has 0 bridgehead atoms. The number of carbonyl (C=O) groups is 2. The first-order valence-corrected chi connectivity index (χ1v) is 7.46. The summed E-state index contributed by atoms with van der Waals surface area (Å²) in [5, 5.41) is 2.61. The molecule has 0 aliphatic heterocycles. The molecule has 0 atom stereocenters.